The zero-order valence-corrected chi connectivity index (χ0v) is 16.5. The molecule has 4 aromatic rings. The predicted molar refractivity (Wildman–Crippen MR) is 112 cm³/mol. The summed E-state index contributed by atoms with van der Waals surface area (Å²) >= 11 is 7.59. The van der Waals surface area contributed by atoms with Crippen molar-refractivity contribution >= 4 is 33.2 Å². The molecule has 27 heavy (non-hydrogen) atoms. The summed E-state index contributed by atoms with van der Waals surface area (Å²) < 4.78 is 2.92. The number of benzene rings is 2. The van der Waals surface area contributed by atoms with Gasteiger partial charge in [-0.3, -0.25) is 9.36 Å². The molecule has 2 aromatic heterocycles. The van der Waals surface area contributed by atoms with Gasteiger partial charge in [0.1, 0.15) is 4.83 Å². The molecule has 2 heterocycles. The van der Waals surface area contributed by atoms with Gasteiger partial charge in [-0.1, -0.05) is 41.9 Å². The van der Waals surface area contributed by atoms with Gasteiger partial charge in [0, 0.05) is 9.90 Å². The lowest BCUT2D eigenvalue weighted by atomic mass is 10.2. The number of hydrogen-bond acceptors (Lipinski definition) is 3. The summed E-state index contributed by atoms with van der Waals surface area (Å²) in [7, 11) is 0. The molecule has 136 valence electrons. The highest BCUT2D eigenvalue weighted by Gasteiger charge is 2.19. The van der Waals surface area contributed by atoms with Gasteiger partial charge < -0.3 is 0 Å². The van der Waals surface area contributed by atoms with Gasteiger partial charge in [0.15, 0.2) is 0 Å². The Morgan fingerprint density at radius 3 is 2.44 bits per heavy atom. The van der Waals surface area contributed by atoms with Crippen molar-refractivity contribution in [1.82, 2.24) is 9.13 Å². The Kier molecular flexibility index (Phi) is 4.50. The number of aryl methyl sites for hydroxylation is 2. The first-order valence-corrected chi connectivity index (χ1v) is 9.72. The van der Waals surface area contributed by atoms with Gasteiger partial charge in [0.05, 0.1) is 17.6 Å². The van der Waals surface area contributed by atoms with Crippen LogP contribution < -0.4 is 11.2 Å². The normalized spacial score (nSPS) is 11.2. The number of halogens is 1. The molecule has 4 nitrogen and oxygen atoms in total. The predicted octanol–water partition coefficient (Wildman–Crippen LogP) is 4.53. The lowest BCUT2D eigenvalue weighted by Crippen LogP contribution is -2.38. The Balaban J connectivity index is 2.07. The van der Waals surface area contributed by atoms with E-state index >= 15 is 0 Å². The quantitative estimate of drug-likeness (QED) is 0.510. The molecular weight excluding hydrogens is 380 g/mol. The molecule has 0 atom stereocenters. The Morgan fingerprint density at radius 1 is 1.00 bits per heavy atom. The van der Waals surface area contributed by atoms with E-state index < -0.39 is 0 Å². The molecule has 0 N–H and O–H groups in total. The summed E-state index contributed by atoms with van der Waals surface area (Å²) in [5.74, 6) is 0. The van der Waals surface area contributed by atoms with E-state index in [2.05, 4.69) is 0 Å². The molecule has 0 radical (unpaired) electrons. The zero-order valence-electron chi connectivity index (χ0n) is 14.9. The lowest BCUT2D eigenvalue weighted by Gasteiger charge is -2.12. The van der Waals surface area contributed by atoms with Crippen LogP contribution in [0.4, 0.5) is 0 Å². The van der Waals surface area contributed by atoms with Gasteiger partial charge in [0.25, 0.3) is 5.56 Å². The fourth-order valence-corrected chi connectivity index (χ4v) is 4.57. The van der Waals surface area contributed by atoms with Crippen LogP contribution >= 0.6 is 22.9 Å². The van der Waals surface area contributed by atoms with Crippen molar-refractivity contribution < 1.29 is 0 Å². The van der Waals surface area contributed by atoms with Crippen molar-refractivity contribution in [2.24, 2.45) is 0 Å². The highest BCUT2D eigenvalue weighted by atomic mass is 35.5. The molecule has 0 aliphatic carbocycles. The number of nitrogens with zero attached hydrogens (tertiary/aromatic N) is 2. The van der Waals surface area contributed by atoms with Gasteiger partial charge in [0.2, 0.25) is 0 Å². The van der Waals surface area contributed by atoms with Crippen molar-refractivity contribution in [3.8, 4) is 5.69 Å². The maximum Gasteiger partial charge on any atom is 0.337 e. The monoisotopic (exact) mass is 396 g/mol. The van der Waals surface area contributed by atoms with Crippen LogP contribution in [0.25, 0.3) is 15.9 Å². The maximum atomic E-state index is 13.3. The van der Waals surface area contributed by atoms with Crippen molar-refractivity contribution in [1.29, 1.82) is 0 Å². The fourth-order valence-electron chi connectivity index (χ4n) is 3.22. The van der Waals surface area contributed by atoms with E-state index in [4.69, 9.17) is 11.6 Å². The van der Waals surface area contributed by atoms with Crippen LogP contribution in [0.3, 0.4) is 0 Å². The van der Waals surface area contributed by atoms with Crippen molar-refractivity contribution in [2.75, 3.05) is 0 Å². The van der Waals surface area contributed by atoms with E-state index in [0.717, 1.165) is 16.0 Å². The van der Waals surface area contributed by atoms with Gasteiger partial charge in [-0.05, 0) is 49.2 Å². The number of fused-ring (bicyclic) bond motifs is 1. The van der Waals surface area contributed by atoms with Crippen LogP contribution in [0, 0.1) is 13.8 Å². The van der Waals surface area contributed by atoms with Gasteiger partial charge >= 0.3 is 5.69 Å². The molecule has 6 heteroatoms. The third-order valence-corrected chi connectivity index (χ3v) is 6.16. The van der Waals surface area contributed by atoms with Crippen LogP contribution in [-0.2, 0) is 6.54 Å². The largest absolute Gasteiger partial charge is 0.337 e. The minimum absolute atomic E-state index is 0.273. The third kappa shape index (κ3) is 3.03. The first-order valence-electron chi connectivity index (χ1n) is 8.53. The topological polar surface area (TPSA) is 44.0 Å². The number of hydrogen-bond donors (Lipinski definition) is 0. The van der Waals surface area contributed by atoms with Gasteiger partial charge in [-0.2, -0.15) is 0 Å². The van der Waals surface area contributed by atoms with Crippen LogP contribution in [-0.4, -0.2) is 9.13 Å². The van der Waals surface area contributed by atoms with E-state index in [1.54, 1.807) is 22.8 Å². The molecule has 4 rings (SSSR count). The summed E-state index contributed by atoms with van der Waals surface area (Å²) in [5, 5.41) is 1.22. The summed E-state index contributed by atoms with van der Waals surface area (Å²) in [6, 6.07) is 16.5. The molecule has 0 aliphatic heterocycles. The van der Waals surface area contributed by atoms with E-state index in [1.807, 2.05) is 50.2 Å². The summed E-state index contributed by atoms with van der Waals surface area (Å²) in [6.07, 6.45) is 0. The zero-order chi connectivity index (χ0) is 19.1. The summed E-state index contributed by atoms with van der Waals surface area (Å²) in [5.41, 5.74) is 1.78. The van der Waals surface area contributed by atoms with Crippen molar-refractivity contribution in [3.63, 3.8) is 0 Å². The van der Waals surface area contributed by atoms with Gasteiger partial charge in [-0.25, -0.2) is 9.36 Å². The van der Waals surface area contributed by atoms with Crippen molar-refractivity contribution in [2.45, 2.75) is 20.4 Å². The number of aromatic nitrogens is 2. The molecule has 0 fully saturated rings. The molecule has 0 aliphatic rings. The molecule has 0 unspecified atom stereocenters. The second-order valence-corrected chi connectivity index (χ2v) is 8.08. The van der Waals surface area contributed by atoms with Crippen LogP contribution in [0.1, 0.15) is 16.0 Å². The van der Waals surface area contributed by atoms with Crippen LogP contribution in [0.2, 0.25) is 5.02 Å². The number of thiophene rings is 1. The molecular formula is C21H17ClN2O2S. The average Bonchev–Trinajstić information content (AvgIpc) is 2.95. The van der Waals surface area contributed by atoms with Crippen LogP contribution in [0.15, 0.2) is 64.2 Å². The fraction of sp³-hybridized carbons (Fsp3) is 0.143. The smallest absolute Gasteiger partial charge is 0.279 e. The highest BCUT2D eigenvalue weighted by molar-refractivity contribution is 7.18. The Bertz CT molecular complexity index is 1270. The van der Waals surface area contributed by atoms with Crippen molar-refractivity contribution in [3.05, 3.63) is 96.5 Å². The average molecular weight is 397 g/mol. The highest BCUT2D eigenvalue weighted by Crippen LogP contribution is 2.27. The molecule has 0 saturated heterocycles. The van der Waals surface area contributed by atoms with Gasteiger partial charge in [-0.15, -0.1) is 11.3 Å². The SMILES string of the molecule is Cc1sc2c(c1C)c(=O)n(-c1ccccc1)c(=O)n2Cc1cccc(Cl)c1. The molecule has 0 saturated carbocycles. The molecule has 0 bridgehead atoms. The summed E-state index contributed by atoms with van der Waals surface area (Å²) in [4.78, 5) is 28.2. The molecule has 0 spiro atoms. The van der Waals surface area contributed by atoms with E-state index in [-0.39, 0.29) is 11.2 Å². The Morgan fingerprint density at radius 2 is 1.74 bits per heavy atom. The second kappa shape index (κ2) is 6.83. The first-order chi connectivity index (χ1) is 13.0. The molecule has 2 aromatic carbocycles. The van der Waals surface area contributed by atoms with E-state index in [9.17, 15) is 9.59 Å². The standard InChI is InChI=1S/C21H17ClN2O2S/c1-13-14(2)27-20-18(13)19(25)24(17-9-4-3-5-10-17)21(26)23(20)12-15-7-6-8-16(22)11-15/h3-11H,12H2,1-2H3. The minimum atomic E-state index is -0.347. The second-order valence-electron chi connectivity index (χ2n) is 6.44. The third-order valence-electron chi connectivity index (χ3n) is 4.70. The Hall–Kier alpha value is -2.63. The Labute approximate surface area is 164 Å². The lowest BCUT2D eigenvalue weighted by molar-refractivity contribution is 0.719. The number of rotatable bonds is 3. The summed E-state index contributed by atoms with van der Waals surface area (Å²) in [6.45, 7) is 4.25. The van der Waals surface area contributed by atoms with E-state index in [1.165, 1.54) is 15.9 Å². The van der Waals surface area contributed by atoms with E-state index in [0.29, 0.717) is 27.5 Å². The minimum Gasteiger partial charge on any atom is -0.279 e. The first kappa shape index (κ1) is 17.8. The molecule has 0 amide bonds. The van der Waals surface area contributed by atoms with Crippen LogP contribution in [0.5, 0.6) is 0 Å². The number of para-hydroxylation sites is 1. The maximum absolute atomic E-state index is 13.3.